The fourth-order valence-corrected chi connectivity index (χ4v) is 2.91. The van der Waals surface area contributed by atoms with Crippen LogP contribution < -0.4 is 0 Å². The maximum Gasteiger partial charge on any atom is 0.302 e. The van der Waals surface area contributed by atoms with Crippen LogP contribution in [0.15, 0.2) is 5.11 Å². The largest absolute Gasteiger partial charge is 0.465 e. The van der Waals surface area contributed by atoms with E-state index in [0.29, 0.717) is 13.2 Å². The van der Waals surface area contributed by atoms with E-state index in [1.807, 2.05) is 13.8 Å². The van der Waals surface area contributed by atoms with Gasteiger partial charge in [-0.05, 0) is 31.7 Å². The van der Waals surface area contributed by atoms with Gasteiger partial charge in [0.1, 0.15) is 0 Å². The minimum Gasteiger partial charge on any atom is -0.465 e. The summed E-state index contributed by atoms with van der Waals surface area (Å²) >= 11 is 0. The zero-order valence-corrected chi connectivity index (χ0v) is 11.4. The number of ether oxygens (including phenoxy) is 3. The lowest BCUT2D eigenvalue weighted by Crippen LogP contribution is -2.28. The molecule has 106 valence electrons. The van der Waals surface area contributed by atoms with Gasteiger partial charge in [-0.2, -0.15) is 0 Å². The van der Waals surface area contributed by atoms with Gasteiger partial charge in [0.25, 0.3) is 0 Å². The lowest BCUT2D eigenvalue weighted by atomic mass is 10.0. The number of hydrogen-bond donors (Lipinski definition) is 0. The number of nitrogens with zero attached hydrogens (tertiary/aromatic N) is 3. The van der Waals surface area contributed by atoms with Gasteiger partial charge >= 0.3 is 5.97 Å². The van der Waals surface area contributed by atoms with Gasteiger partial charge in [-0.25, -0.2) is 0 Å². The van der Waals surface area contributed by atoms with Gasteiger partial charge < -0.3 is 14.2 Å². The van der Waals surface area contributed by atoms with Gasteiger partial charge in [-0.1, -0.05) is 5.11 Å². The van der Waals surface area contributed by atoms with E-state index in [0.717, 1.165) is 6.42 Å². The monoisotopic (exact) mass is 269 g/mol. The molecule has 4 atom stereocenters. The highest BCUT2D eigenvalue weighted by Crippen LogP contribution is 2.44. The molecule has 0 bridgehead atoms. The Morgan fingerprint density at radius 1 is 1.42 bits per heavy atom. The molecule has 2 fully saturated rings. The number of fused-ring (bicyclic) bond motifs is 1. The minimum absolute atomic E-state index is 0.0922. The van der Waals surface area contributed by atoms with Crippen LogP contribution in [-0.4, -0.2) is 37.1 Å². The highest BCUT2D eigenvalue weighted by atomic mass is 16.8. The quantitative estimate of drug-likeness (QED) is 0.337. The van der Waals surface area contributed by atoms with Crippen molar-refractivity contribution in [3.05, 3.63) is 10.4 Å². The van der Waals surface area contributed by atoms with Crippen molar-refractivity contribution < 1.29 is 19.0 Å². The van der Waals surface area contributed by atoms with Crippen molar-refractivity contribution in [3.63, 3.8) is 0 Å². The highest BCUT2D eigenvalue weighted by Gasteiger charge is 2.53. The topological polar surface area (TPSA) is 93.5 Å². The average Bonchev–Trinajstić information content (AvgIpc) is 2.78. The van der Waals surface area contributed by atoms with Crippen LogP contribution in [0.25, 0.3) is 10.4 Å². The Balaban J connectivity index is 2.05. The Labute approximate surface area is 111 Å². The molecule has 0 spiro atoms. The minimum atomic E-state index is -0.640. The molecule has 7 nitrogen and oxygen atoms in total. The first-order chi connectivity index (χ1) is 8.93. The maximum absolute atomic E-state index is 10.9. The summed E-state index contributed by atoms with van der Waals surface area (Å²) in [5.41, 5.74) is 8.43. The van der Waals surface area contributed by atoms with Gasteiger partial charge in [0.05, 0.1) is 18.8 Å². The molecule has 1 aliphatic heterocycles. The molecule has 1 aliphatic carbocycles. The third-order valence-corrected chi connectivity index (χ3v) is 3.58. The molecule has 0 amide bonds. The van der Waals surface area contributed by atoms with E-state index in [-0.39, 0.29) is 30.0 Å². The summed E-state index contributed by atoms with van der Waals surface area (Å²) in [5, 5.41) is 3.63. The van der Waals surface area contributed by atoms with Crippen molar-refractivity contribution in [3.8, 4) is 0 Å². The van der Waals surface area contributed by atoms with E-state index in [1.54, 1.807) is 0 Å². The number of rotatable bonds is 4. The van der Waals surface area contributed by atoms with Crippen molar-refractivity contribution in [1.29, 1.82) is 0 Å². The summed E-state index contributed by atoms with van der Waals surface area (Å²) < 4.78 is 16.8. The molecule has 0 aromatic carbocycles. The Hall–Kier alpha value is -1.30. The second-order valence-electron chi connectivity index (χ2n) is 5.54. The van der Waals surface area contributed by atoms with Gasteiger partial charge in [0.15, 0.2) is 5.79 Å². The van der Waals surface area contributed by atoms with E-state index >= 15 is 0 Å². The van der Waals surface area contributed by atoms with Crippen LogP contribution >= 0.6 is 0 Å². The smallest absolute Gasteiger partial charge is 0.302 e. The Kier molecular flexibility index (Phi) is 3.99. The molecule has 7 heteroatoms. The molecule has 1 heterocycles. The second-order valence-corrected chi connectivity index (χ2v) is 5.54. The Bertz CT molecular complexity index is 406. The van der Waals surface area contributed by atoms with Crippen molar-refractivity contribution in [2.75, 3.05) is 13.2 Å². The molecule has 0 aromatic rings. The van der Waals surface area contributed by atoms with Crippen molar-refractivity contribution in [1.82, 2.24) is 0 Å². The fraction of sp³-hybridized carbons (Fsp3) is 0.917. The standard InChI is InChI=1S/C12H19N3O4/c1-7(16)17-6-9-4-8(5-14-15-13)10-11(9)19-12(2,3)18-10/h8-11H,4-6H2,1-3H3/t8-,9+,10-,11+/m0/s1. The lowest BCUT2D eigenvalue weighted by Gasteiger charge is -2.22. The van der Waals surface area contributed by atoms with Crippen LogP contribution in [0, 0.1) is 11.8 Å². The van der Waals surface area contributed by atoms with E-state index in [2.05, 4.69) is 10.0 Å². The predicted molar refractivity (Wildman–Crippen MR) is 66.1 cm³/mol. The van der Waals surface area contributed by atoms with Crippen molar-refractivity contribution >= 4 is 5.97 Å². The summed E-state index contributed by atoms with van der Waals surface area (Å²) in [5.74, 6) is -0.732. The molecule has 1 saturated carbocycles. The van der Waals surface area contributed by atoms with Crippen LogP contribution in [0.3, 0.4) is 0 Å². The fourth-order valence-electron chi connectivity index (χ4n) is 2.91. The first-order valence-corrected chi connectivity index (χ1v) is 6.43. The van der Waals surface area contributed by atoms with Crippen molar-refractivity contribution in [2.24, 2.45) is 17.0 Å². The van der Waals surface area contributed by atoms with E-state index in [1.165, 1.54) is 6.92 Å². The first kappa shape index (κ1) is 14.1. The first-order valence-electron chi connectivity index (χ1n) is 6.43. The lowest BCUT2D eigenvalue weighted by molar-refractivity contribution is -0.164. The zero-order chi connectivity index (χ0) is 14.0. The second kappa shape index (κ2) is 5.36. The van der Waals surface area contributed by atoms with E-state index < -0.39 is 5.79 Å². The number of esters is 1. The molecule has 1 saturated heterocycles. The summed E-state index contributed by atoms with van der Waals surface area (Å²) in [6.07, 6.45) is 0.576. The summed E-state index contributed by atoms with van der Waals surface area (Å²) in [6, 6.07) is 0. The molecular weight excluding hydrogens is 250 g/mol. The Morgan fingerprint density at radius 2 is 2.05 bits per heavy atom. The van der Waals surface area contributed by atoms with Gasteiger partial charge in [0, 0.05) is 24.3 Å². The van der Waals surface area contributed by atoms with Crippen LogP contribution in [-0.2, 0) is 19.0 Å². The highest BCUT2D eigenvalue weighted by molar-refractivity contribution is 5.65. The summed E-state index contributed by atoms with van der Waals surface area (Å²) in [7, 11) is 0. The molecule has 0 aromatic heterocycles. The summed E-state index contributed by atoms with van der Waals surface area (Å²) in [6.45, 7) is 5.81. The van der Waals surface area contributed by atoms with E-state index in [4.69, 9.17) is 19.7 Å². The molecule has 2 rings (SSSR count). The third kappa shape index (κ3) is 3.18. The van der Waals surface area contributed by atoms with Crippen LogP contribution in [0.5, 0.6) is 0 Å². The average molecular weight is 269 g/mol. The van der Waals surface area contributed by atoms with Gasteiger partial charge in [0.2, 0.25) is 0 Å². The number of azide groups is 1. The van der Waals surface area contributed by atoms with Gasteiger partial charge in [-0.15, -0.1) is 0 Å². The van der Waals surface area contributed by atoms with Crippen LogP contribution in [0.1, 0.15) is 27.2 Å². The molecule has 2 aliphatic rings. The van der Waals surface area contributed by atoms with Crippen LogP contribution in [0.2, 0.25) is 0 Å². The van der Waals surface area contributed by atoms with Gasteiger partial charge in [-0.3, -0.25) is 4.79 Å². The molecular formula is C12H19N3O4. The zero-order valence-electron chi connectivity index (χ0n) is 11.4. The molecule has 0 unspecified atom stereocenters. The number of hydrogen-bond acceptors (Lipinski definition) is 5. The summed E-state index contributed by atoms with van der Waals surface area (Å²) in [4.78, 5) is 13.7. The van der Waals surface area contributed by atoms with E-state index in [9.17, 15) is 4.79 Å². The molecule has 0 radical (unpaired) electrons. The van der Waals surface area contributed by atoms with Crippen molar-refractivity contribution in [2.45, 2.75) is 45.2 Å². The number of carbonyl (C=O) groups is 1. The molecule has 19 heavy (non-hydrogen) atoms. The Morgan fingerprint density at radius 3 is 2.63 bits per heavy atom. The van der Waals surface area contributed by atoms with Crippen LogP contribution in [0.4, 0.5) is 0 Å². The molecule has 0 N–H and O–H groups in total. The number of carbonyl (C=O) groups excluding carboxylic acids is 1. The SMILES string of the molecule is CC(=O)OC[C@H]1C[C@@H](CN=[N+]=[N-])[C@@H]2OC(C)(C)O[C@H]12. The normalized spacial score (nSPS) is 35.5. The predicted octanol–water partition coefficient (Wildman–Crippen LogP) is 2.02. The maximum atomic E-state index is 10.9. The third-order valence-electron chi connectivity index (χ3n) is 3.58.